The molecule has 1 rings (SSSR count). The van der Waals surface area contributed by atoms with Crippen molar-refractivity contribution in [1.29, 1.82) is 0 Å². The highest BCUT2D eigenvalue weighted by atomic mass is 19.1. The maximum absolute atomic E-state index is 13.3. The second-order valence-corrected chi connectivity index (χ2v) is 3.69. The van der Waals surface area contributed by atoms with Gasteiger partial charge in [0.15, 0.2) is 0 Å². The van der Waals surface area contributed by atoms with Crippen molar-refractivity contribution in [2.24, 2.45) is 5.73 Å². The predicted molar refractivity (Wildman–Crippen MR) is 62.9 cm³/mol. The number of carbonyl (C=O) groups excluding carboxylic acids is 1. The number of unbranched alkanes of at least 4 members (excludes halogenated alkanes) is 2. The van der Waals surface area contributed by atoms with Crippen LogP contribution in [0.25, 0.3) is 0 Å². The Morgan fingerprint density at radius 3 is 2.81 bits per heavy atom. The third-order valence-electron chi connectivity index (χ3n) is 2.35. The fourth-order valence-corrected chi connectivity index (χ4v) is 1.41. The molecule has 1 aromatic rings. The van der Waals surface area contributed by atoms with Gasteiger partial charge in [0.25, 0.3) is 0 Å². The van der Waals surface area contributed by atoms with Gasteiger partial charge in [0.2, 0.25) is 5.91 Å². The molecule has 1 aromatic carbocycles. The van der Waals surface area contributed by atoms with E-state index in [4.69, 9.17) is 5.73 Å². The molecule has 0 radical (unpaired) electrons. The zero-order chi connectivity index (χ0) is 12.0. The zero-order valence-electron chi connectivity index (χ0n) is 9.42. The van der Waals surface area contributed by atoms with Crippen molar-refractivity contribution in [2.45, 2.75) is 26.2 Å². The number of hydrogen-bond donors (Lipinski definition) is 2. The molecule has 0 aliphatic rings. The quantitative estimate of drug-likeness (QED) is 0.729. The third kappa shape index (κ3) is 3.53. The van der Waals surface area contributed by atoms with Gasteiger partial charge in [-0.05, 0) is 24.6 Å². The lowest BCUT2D eigenvalue weighted by Crippen LogP contribution is -2.12. The molecule has 0 aliphatic heterocycles. The number of rotatable bonds is 6. The zero-order valence-corrected chi connectivity index (χ0v) is 9.42. The second-order valence-electron chi connectivity index (χ2n) is 3.69. The summed E-state index contributed by atoms with van der Waals surface area (Å²) < 4.78 is 13.3. The number of primary amides is 1. The van der Waals surface area contributed by atoms with E-state index >= 15 is 0 Å². The molecule has 0 heterocycles. The number of halogens is 1. The lowest BCUT2D eigenvalue weighted by atomic mass is 10.1. The lowest BCUT2D eigenvalue weighted by Gasteiger charge is -2.08. The van der Waals surface area contributed by atoms with Crippen LogP contribution >= 0.6 is 0 Å². The molecule has 0 fully saturated rings. The minimum atomic E-state index is -0.545. The van der Waals surface area contributed by atoms with Gasteiger partial charge in [0.1, 0.15) is 5.82 Å². The highest BCUT2D eigenvalue weighted by molar-refractivity contribution is 5.93. The Morgan fingerprint density at radius 2 is 2.19 bits per heavy atom. The Hall–Kier alpha value is -1.58. The molecule has 0 aliphatic carbocycles. The summed E-state index contributed by atoms with van der Waals surface area (Å²) in [4.78, 5) is 10.9. The van der Waals surface area contributed by atoms with Crippen molar-refractivity contribution in [2.75, 3.05) is 11.9 Å². The highest BCUT2D eigenvalue weighted by Gasteiger charge is 2.06. The van der Waals surface area contributed by atoms with Gasteiger partial charge in [-0.3, -0.25) is 4.79 Å². The molecule has 0 spiro atoms. The summed E-state index contributed by atoms with van der Waals surface area (Å²) in [6.07, 6.45) is 3.20. The molecule has 3 nitrogen and oxygen atoms in total. The van der Waals surface area contributed by atoms with Gasteiger partial charge in [0.05, 0.1) is 5.69 Å². The normalized spacial score (nSPS) is 10.1. The van der Waals surface area contributed by atoms with Crippen molar-refractivity contribution in [1.82, 2.24) is 0 Å². The van der Waals surface area contributed by atoms with Crippen LogP contribution in [0, 0.1) is 5.82 Å². The maximum atomic E-state index is 13.3. The minimum absolute atomic E-state index is 0.319. The molecule has 16 heavy (non-hydrogen) atoms. The van der Waals surface area contributed by atoms with Gasteiger partial charge >= 0.3 is 0 Å². The van der Waals surface area contributed by atoms with Crippen molar-refractivity contribution < 1.29 is 9.18 Å². The first kappa shape index (κ1) is 12.5. The number of anilines is 1. The van der Waals surface area contributed by atoms with E-state index in [0.717, 1.165) is 19.3 Å². The predicted octanol–water partition coefficient (Wildman–Crippen LogP) is 2.53. The molecule has 0 aromatic heterocycles. The SMILES string of the molecule is CCCCCNc1cc(C(N)=O)ccc1F. The number of amides is 1. The van der Waals surface area contributed by atoms with Gasteiger partial charge in [-0.15, -0.1) is 0 Å². The average molecular weight is 224 g/mol. The standard InChI is InChI=1S/C12H17FN2O/c1-2-3-4-7-15-11-8-9(12(14)16)5-6-10(11)13/h5-6,8,15H,2-4,7H2,1H3,(H2,14,16). The summed E-state index contributed by atoms with van der Waals surface area (Å²) in [5.41, 5.74) is 5.78. The number of hydrogen-bond acceptors (Lipinski definition) is 2. The molecule has 0 bridgehead atoms. The number of carbonyl (C=O) groups is 1. The van der Waals surface area contributed by atoms with Crippen LogP contribution in [0.3, 0.4) is 0 Å². The van der Waals surface area contributed by atoms with Crippen LogP contribution < -0.4 is 11.1 Å². The topological polar surface area (TPSA) is 55.1 Å². The van der Waals surface area contributed by atoms with Crippen LogP contribution in [0.1, 0.15) is 36.5 Å². The van der Waals surface area contributed by atoms with Crippen molar-refractivity contribution in [3.8, 4) is 0 Å². The number of nitrogens with one attached hydrogen (secondary N) is 1. The van der Waals surface area contributed by atoms with Crippen LogP contribution in [0.15, 0.2) is 18.2 Å². The van der Waals surface area contributed by atoms with Gasteiger partial charge in [-0.2, -0.15) is 0 Å². The molecular weight excluding hydrogens is 207 g/mol. The molecule has 0 atom stereocenters. The van der Waals surface area contributed by atoms with E-state index in [1.165, 1.54) is 18.2 Å². The molecule has 0 saturated carbocycles. The van der Waals surface area contributed by atoms with Crippen LogP contribution in [-0.4, -0.2) is 12.5 Å². The highest BCUT2D eigenvalue weighted by Crippen LogP contribution is 2.16. The smallest absolute Gasteiger partial charge is 0.248 e. The lowest BCUT2D eigenvalue weighted by molar-refractivity contribution is 0.100. The van der Waals surface area contributed by atoms with Gasteiger partial charge in [-0.25, -0.2) is 4.39 Å². The summed E-state index contributed by atoms with van der Waals surface area (Å²) in [5.74, 6) is -0.905. The monoisotopic (exact) mass is 224 g/mol. The van der Waals surface area contributed by atoms with Gasteiger partial charge in [-0.1, -0.05) is 19.8 Å². The molecule has 88 valence electrons. The van der Waals surface area contributed by atoms with E-state index in [0.29, 0.717) is 17.8 Å². The van der Waals surface area contributed by atoms with E-state index in [1.54, 1.807) is 0 Å². The first-order chi connectivity index (χ1) is 7.65. The largest absolute Gasteiger partial charge is 0.383 e. The molecule has 4 heteroatoms. The minimum Gasteiger partial charge on any atom is -0.383 e. The molecule has 0 saturated heterocycles. The van der Waals surface area contributed by atoms with Gasteiger partial charge < -0.3 is 11.1 Å². The Morgan fingerprint density at radius 1 is 1.44 bits per heavy atom. The average Bonchev–Trinajstić information content (AvgIpc) is 2.26. The van der Waals surface area contributed by atoms with Gasteiger partial charge in [0, 0.05) is 12.1 Å². The summed E-state index contributed by atoms with van der Waals surface area (Å²) in [7, 11) is 0. The summed E-state index contributed by atoms with van der Waals surface area (Å²) >= 11 is 0. The Bertz CT molecular complexity index is 366. The van der Waals surface area contributed by atoms with E-state index in [1.807, 2.05) is 0 Å². The molecule has 3 N–H and O–H groups in total. The molecule has 0 unspecified atom stereocenters. The van der Waals surface area contributed by atoms with Crippen LogP contribution in [0.5, 0.6) is 0 Å². The van der Waals surface area contributed by atoms with E-state index < -0.39 is 5.91 Å². The summed E-state index contributed by atoms with van der Waals surface area (Å²) in [6.45, 7) is 2.81. The van der Waals surface area contributed by atoms with Crippen molar-refractivity contribution in [3.63, 3.8) is 0 Å². The van der Waals surface area contributed by atoms with E-state index in [9.17, 15) is 9.18 Å². The van der Waals surface area contributed by atoms with Crippen LogP contribution in [0.2, 0.25) is 0 Å². The first-order valence-electron chi connectivity index (χ1n) is 5.48. The van der Waals surface area contributed by atoms with E-state index in [-0.39, 0.29) is 5.82 Å². The molecule has 1 amide bonds. The second kappa shape index (κ2) is 6.10. The first-order valence-corrected chi connectivity index (χ1v) is 5.48. The summed E-state index contributed by atoms with van der Waals surface area (Å²) in [6, 6.07) is 4.08. The van der Waals surface area contributed by atoms with Crippen molar-refractivity contribution >= 4 is 11.6 Å². The molecular formula is C12H17FN2O. The number of benzene rings is 1. The Balaban J connectivity index is 2.63. The van der Waals surface area contributed by atoms with Crippen LogP contribution in [0.4, 0.5) is 10.1 Å². The van der Waals surface area contributed by atoms with Crippen molar-refractivity contribution in [3.05, 3.63) is 29.6 Å². The van der Waals surface area contributed by atoms with Crippen LogP contribution in [-0.2, 0) is 0 Å². The Labute approximate surface area is 94.8 Å². The van der Waals surface area contributed by atoms with E-state index in [2.05, 4.69) is 12.2 Å². The summed E-state index contributed by atoms with van der Waals surface area (Å²) in [5, 5.41) is 2.96. The fourth-order valence-electron chi connectivity index (χ4n) is 1.41. The maximum Gasteiger partial charge on any atom is 0.248 e. The third-order valence-corrected chi connectivity index (χ3v) is 2.35. The number of nitrogens with two attached hydrogens (primary N) is 1. The fraction of sp³-hybridized carbons (Fsp3) is 0.417. The Kier molecular flexibility index (Phi) is 4.76.